The Balaban J connectivity index is 0.00000625. The van der Waals surface area contributed by atoms with Gasteiger partial charge in [0.2, 0.25) is 0 Å². The van der Waals surface area contributed by atoms with Gasteiger partial charge < -0.3 is 19.1 Å². The second kappa shape index (κ2) is 18.7. The minimum Gasteiger partial charge on any atom is -0.509 e. The molecule has 5 nitrogen and oxygen atoms in total. The number of rotatable bonds is 10. The van der Waals surface area contributed by atoms with E-state index in [4.69, 9.17) is 9.72 Å². The maximum absolute atomic E-state index is 6.90. The number of anilines is 4. The molecule has 0 saturated carbocycles. The fourth-order valence-corrected chi connectivity index (χ4v) is 9.49. The molecule has 0 amide bonds. The molecule has 2 aromatic heterocycles. The van der Waals surface area contributed by atoms with Gasteiger partial charge in [0.25, 0.3) is 0 Å². The van der Waals surface area contributed by atoms with Crippen LogP contribution in [0.15, 0.2) is 121 Å². The maximum atomic E-state index is 6.90. The standard InChI is InChI=1S/C62H67N4O.Pt/c1-38(2)43-28-48(65-37-64(56-20-15-16-21-57(56)65)47-19-17-18-45(33-47)61(9,10)11)35-50(29-43)67-49-23-24-51-54-34-46(62(12,13)14)22-25-55(54)66(58(51)36-49)59-32-42(26-27-63-59)60-52(40(5)6)30-44(39(3)4)31-53(60)41(7)8;/h15-34,37-41H,1-14H3;/q-3;. The normalized spacial score (nSPS) is 13.1. The quantitative estimate of drug-likeness (QED) is 0.128. The van der Waals surface area contributed by atoms with E-state index in [0.29, 0.717) is 29.3 Å². The molecule has 3 heterocycles. The maximum Gasteiger partial charge on any atom is 0.136 e. The molecule has 6 heteroatoms. The second-order valence-corrected chi connectivity index (χ2v) is 21.9. The molecule has 68 heavy (non-hydrogen) atoms. The first-order valence-corrected chi connectivity index (χ1v) is 24.3. The van der Waals surface area contributed by atoms with E-state index >= 15 is 0 Å². The van der Waals surface area contributed by atoms with Gasteiger partial charge in [-0.25, -0.2) is 4.98 Å². The van der Waals surface area contributed by atoms with E-state index in [-0.39, 0.29) is 37.8 Å². The molecule has 354 valence electrons. The number of para-hydroxylation sites is 2. The van der Waals surface area contributed by atoms with Crippen LogP contribution in [-0.4, -0.2) is 9.55 Å². The van der Waals surface area contributed by atoms with Gasteiger partial charge in [-0.05, 0) is 121 Å². The van der Waals surface area contributed by atoms with Crippen molar-refractivity contribution in [3.63, 3.8) is 0 Å². The molecule has 0 radical (unpaired) electrons. The van der Waals surface area contributed by atoms with Gasteiger partial charge >= 0.3 is 0 Å². The van der Waals surface area contributed by atoms with Crippen LogP contribution in [0.4, 0.5) is 22.7 Å². The zero-order valence-electron chi connectivity index (χ0n) is 42.4. The van der Waals surface area contributed by atoms with E-state index in [1.165, 1.54) is 44.3 Å². The Bertz CT molecular complexity index is 3110. The summed E-state index contributed by atoms with van der Waals surface area (Å²) < 4.78 is 9.18. The fraction of sp³-hybridized carbons (Fsp3) is 0.323. The smallest absolute Gasteiger partial charge is 0.136 e. The van der Waals surface area contributed by atoms with Crippen molar-refractivity contribution < 1.29 is 25.8 Å². The van der Waals surface area contributed by atoms with Crippen LogP contribution in [0, 0.1) is 18.8 Å². The number of hydrogen-bond acceptors (Lipinski definition) is 4. The number of hydrogen-bond donors (Lipinski definition) is 0. The summed E-state index contributed by atoms with van der Waals surface area (Å²) in [6, 6.07) is 49.7. The van der Waals surface area contributed by atoms with E-state index in [2.05, 4.69) is 245 Å². The zero-order valence-corrected chi connectivity index (χ0v) is 44.7. The summed E-state index contributed by atoms with van der Waals surface area (Å²) in [5.74, 6) is 3.52. The monoisotopic (exact) mass is 1080 g/mol. The van der Waals surface area contributed by atoms with E-state index in [0.717, 1.165) is 50.6 Å². The molecule has 6 aromatic carbocycles. The van der Waals surface area contributed by atoms with Gasteiger partial charge in [-0.1, -0.05) is 151 Å². The summed E-state index contributed by atoms with van der Waals surface area (Å²) in [4.78, 5) is 9.64. The Labute approximate surface area is 420 Å². The minimum atomic E-state index is -0.0219. The minimum absolute atomic E-state index is 0. The van der Waals surface area contributed by atoms with Crippen molar-refractivity contribution >= 4 is 44.6 Å². The predicted molar refractivity (Wildman–Crippen MR) is 283 cm³/mol. The molecule has 0 N–H and O–H groups in total. The van der Waals surface area contributed by atoms with Crippen LogP contribution < -0.4 is 14.5 Å². The topological polar surface area (TPSA) is 33.5 Å². The Morgan fingerprint density at radius 3 is 1.82 bits per heavy atom. The van der Waals surface area contributed by atoms with Crippen molar-refractivity contribution in [3.8, 4) is 28.4 Å². The third kappa shape index (κ3) is 9.28. The van der Waals surface area contributed by atoms with E-state index in [9.17, 15) is 0 Å². The SMILES string of the molecule is CC(C)c1cc(Oc2[c-]c3c(cc2)c2cc(C(C)(C)C)ccc2n3-c2cc(-c3c(C(C)C)cc(C(C)C)cc3C(C)C)ccn2)[c-]c(N2[CH-]N(c3cccc(C(C)(C)C)c3)c3ccccc32)c1.[Pt]. The van der Waals surface area contributed by atoms with E-state index < -0.39 is 0 Å². The Kier molecular flexibility index (Phi) is 13.4. The molecule has 0 saturated heterocycles. The van der Waals surface area contributed by atoms with Gasteiger partial charge in [0, 0.05) is 61.3 Å². The molecule has 0 atom stereocenters. The first-order chi connectivity index (χ1) is 31.8. The van der Waals surface area contributed by atoms with Gasteiger partial charge in [-0.2, -0.15) is 6.07 Å². The molecular formula is C62H67N4OPt-3. The second-order valence-electron chi connectivity index (χ2n) is 21.9. The fourth-order valence-electron chi connectivity index (χ4n) is 9.49. The average Bonchev–Trinajstić information content (AvgIpc) is 3.83. The van der Waals surface area contributed by atoms with Crippen LogP contribution in [-0.2, 0) is 31.9 Å². The summed E-state index contributed by atoms with van der Waals surface area (Å²) in [6.45, 7) is 34.1. The Hall–Kier alpha value is -5.64. The molecule has 8 aromatic rings. The molecule has 0 fully saturated rings. The first kappa shape index (κ1) is 48.8. The Morgan fingerprint density at radius 1 is 0.559 bits per heavy atom. The molecule has 1 aliphatic rings. The number of pyridine rings is 1. The van der Waals surface area contributed by atoms with Crippen molar-refractivity contribution in [2.24, 2.45) is 0 Å². The largest absolute Gasteiger partial charge is 0.509 e. The van der Waals surface area contributed by atoms with Crippen LogP contribution >= 0.6 is 0 Å². The summed E-state index contributed by atoms with van der Waals surface area (Å²) in [5.41, 5.74) is 16.6. The first-order valence-electron chi connectivity index (χ1n) is 24.3. The van der Waals surface area contributed by atoms with Crippen molar-refractivity contribution in [3.05, 3.63) is 174 Å². The summed E-state index contributed by atoms with van der Waals surface area (Å²) in [7, 11) is 0. The molecule has 0 bridgehead atoms. The van der Waals surface area contributed by atoms with Crippen molar-refractivity contribution in [1.29, 1.82) is 0 Å². The number of ether oxygens (including phenoxy) is 1. The van der Waals surface area contributed by atoms with Gasteiger partial charge in [0.15, 0.2) is 0 Å². The van der Waals surface area contributed by atoms with Crippen molar-refractivity contribution in [2.45, 2.75) is 131 Å². The molecule has 0 aliphatic carbocycles. The van der Waals surface area contributed by atoms with Crippen LogP contribution in [0.3, 0.4) is 0 Å². The summed E-state index contributed by atoms with van der Waals surface area (Å²) in [5, 5.41) is 2.27. The summed E-state index contributed by atoms with van der Waals surface area (Å²) in [6.07, 6.45) is 1.97. The number of fused-ring (bicyclic) bond motifs is 4. The van der Waals surface area contributed by atoms with Gasteiger partial charge in [0.1, 0.15) is 5.82 Å². The van der Waals surface area contributed by atoms with Gasteiger partial charge in [0.05, 0.1) is 0 Å². The third-order valence-corrected chi connectivity index (χ3v) is 13.5. The molecule has 1 aliphatic heterocycles. The molecule has 0 spiro atoms. The molecule has 9 rings (SSSR count). The van der Waals surface area contributed by atoms with Crippen molar-refractivity contribution in [1.82, 2.24) is 9.55 Å². The predicted octanol–water partition coefficient (Wildman–Crippen LogP) is 17.7. The van der Waals surface area contributed by atoms with E-state index in [1.807, 2.05) is 6.20 Å². The number of nitrogens with zero attached hydrogens (tertiary/aromatic N) is 4. The van der Waals surface area contributed by atoms with Gasteiger partial charge in [-0.15, -0.1) is 53.6 Å². The van der Waals surface area contributed by atoms with Crippen LogP contribution in [0.2, 0.25) is 0 Å². The third-order valence-electron chi connectivity index (χ3n) is 13.5. The van der Waals surface area contributed by atoms with Gasteiger partial charge in [-0.3, -0.25) is 0 Å². The zero-order chi connectivity index (χ0) is 47.7. The number of benzene rings is 6. The van der Waals surface area contributed by atoms with Crippen molar-refractivity contribution in [2.75, 3.05) is 9.80 Å². The average molecular weight is 1080 g/mol. The van der Waals surface area contributed by atoms with Crippen LogP contribution in [0.1, 0.15) is 154 Å². The summed E-state index contributed by atoms with van der Waals surface area (Å²) >= 11 is 0. The van der Waals surface area contributed by atoms with Crippen LogP contribution in [0.5, 0.6) is 11.5 Å². The van der Waals surface area contributed by atoms with E-state index in [1.54, 1.807) is 0 Å². The molecule has 0 unspecified atom stereocenters. The Morgan fingerprint density at radius 2 is 1.19 bits per heavy atom. The number of aromatic nitrogens is 2. The van der Waals surface area contributed by atoms with Crippen LogP contribution in [0.25, 0.3) is 38.8 Å². The molecular weight excluding hydrogens is 1010 g/mol.